The second-order valence-electron chi connectivity index (χ2n) is 7.38. The molecule has 1 aliphatic heterocycles. The number of benzene rings is 2. The molecule has 1 fully saturated rings. The average Bonchev–Trinajstić information content (AvgIpc) is 3.05. The van der Waals surface area contributed by atoms with E-state index in [1.165, 1.54) is 0 Å². The van der Waals surface area contributed by atoms with E-state index >= 15 is 0 Å². The molecule has 1 atom stereocenters. The third-order valence-corrected chi connectivity index (χ3v) is 5.00. The molecule has 0 saturated carbocycles. The number of ether oxygens (including phenoxy) is 3. The molecule has 33 heavy (non-hydrogen) atoms. The van der Waals surface area contributed by atoms with Crippen molar-refractivity contribution < 1.29 is 33.4 Å². The Bertz CT molecular complexity index is 1010. The number of nitrogens with zero attached hydrogens (tertiary/aromatic N) is 1. The highest BCUT2D eigenvalue weighted by molar-refractivity contribution is 6.08. The molecule has 0 aliphatic carbocycles. The largest absolute Gasteiger partial charge is 0.497 e. The third-order valence-electron chi connectivity index (χ3n) is 5.00. The Morgan fingerprint density at radius 2 is 1.70 bits per heavy atom. The maximum atomic E-state index is 12.7. The Morgan fingerprint density at radius 3 is 2.36 bits per heavy atom. The van der Waals surface area contributed by atoms with Crippen LogP contribution in [0, 0.1) is 0 Å². The lowest BCUT2D eigenvalue weighted by atomic mass is 9.92. The Kier molecular flexibility index (Phi) is 7.50. The third kappa shape index (κ3) is 5.79. The topological polar surface area (TPSA) is 123 Å². The van der Waals surface area contributed by atoms with Gasteiger partial charge in [-0.15, -0.1) is 0 Å². The summed E-state index contributed by atoms with van der Waals surface area (Å²) in [5.41, 5.74) is 1.44. The normalized spacial score (nSPS) is 17.3. The molecule has 10 heteroatoms. The van der Waals surface area contributed by atoms with Gasteiger partial charge in [0.05, 0.1) is 13.7 Å². The van der Waals surface area contributed by atoms with Gasteiger partial charge < -0.3 is 19.5 Å². The first-order valence-corrected chi connectivity index (χ1v) is 10.3. The Hall–Kier alpha value is -4.08. The SMILES string of the molecule is COc1ccc(OCCCC(=O)OCC(=O)NN2C(=O)NC(C)(c3ccccc3)C2=O)cc1. The Morgan fingerprint density at radius 1 is 1.03 bits per heavy atom. The van der Waals surface area contributed by atoms with E-state index in [-0.39, 0.29) is 13.0 Å². The molecule has 1 saturated heterocycles. The predicted octanol–water partition coefficient (Wildman–Crippen LogP) is 1.90. The van der Waals surface area contributed by atoms with Gasteiger partial charge in [-0.25, -0.2) is 4.79 Å². The zero-order valence-electron chi connectivity index (χ0n) is 18.3. The number of rotatable bonds is 10. The highest BCUT2D eigenvalue weighted by Gasteiger charge is 2.49. The van der Waals surface area contributed by atoms with Crippen molar-refractivity contribution in [3.8, 4) is 11.5 Å². The van der Waals surface area contributed by atoms with Gasteiger partial charge in [0.25, 0.3) is 11.8 Å². The fraction of sp³-hybridized carbons (Fsp3) is 0.304. The molecule has 1 aliphatic rings. The van der Waals surface area contributed by atoms with Crippen LogP contribution in [0.2, 0.25) is 0 Å². The summed E-state index contributed by atoms with van der Waals surface area (Å²) in [5, 5.41) is 3.15. The van der Waals surface area contributed by atoms with Crippen molar-refractivity contribution in [2.75, 3.05) is 20.3 Å². The first kappa shape index (κ1) is 23.6. The van der Waals surface area contributed by atoms with Gasteiger partial charge in [0.1, 0.15) is 17.0 Å². The summed E-state index contributed by atoms with van der Waals surface area (Å²) < 4.78 is 15.5. The van der Waals surface area contributed by atoms with Crippen LogP contribution >= 0.6 is 0 Å². The molecule has 2 aromatic carbocycles. The fourth-order valence-electron chi connectivity index (χ4n) is 3.16. The molecule has 1 unspecified atom stereocenters. The van der Waals surface area contributed by atoms with Crippen LogP contribution in [0.15, 0.2) is 54.6 Å². The van der Waals surface area contributed by atoms with E-state index in [9.17, 15) is 19.2 Å². The van der Waals surface area contributed by atoms with Gasteiger partial charge in [0.2, 0.25) is 0 Å². The van der Waals surface area contributed by atoms with Crippen LogP contribution in [0.5, 0.6) is 11.5 Å². The summed E-state index contributed by atoms with van der Waals surface area (Å²) in [6, 6.07) is 14.9. The van der Waals surface area contributed by atoms with Crippen molar-refractivity contribution in [1.29, 1.82) is 0 Å². The Balaban J connectivity index is 1.39. The van der Waals surface area contributed by atoms with Crippen molar-refractivity contribution in [2.45, 2.75) is 25.3 Å². The summed E-state index contributed by atoms with van der Waals surface area (Å²) in [4.78, 5) is 48.9. The molecule has 2 N–H and O–H groups in total. The van der Waals surface area contributed by atoms with Gasteiger partial charge in [-0.2, -0.15) is 5.01 Å². The minimum Gasteiger partial charge on any atom is -0.497 e. The van der Waals surface area contributed by atoms with E-state index in [0.717, 1.165) is 0 Å². The lowest BCUT2D eigenvalue weighted by molar-refractivity contribution is -0.150. The van der Waals surface area contributed by atoms with Gasteiger partial charge >= 0.3 is 12.0 Å². The average molecular weight is 455 g/mol. The summed E-state index contributed by atoms with van der Waals surface area (Å²) >= 11 is 0. The van der Waals surface area contributed by atoms with Crippen molar-refractivity contribution in [2.24, 2.45) is 0 Å². The number of carbonyl (C=O) groups excluding carboxylic acids is 4. The maximum absolute atomic E-state index is 12.7. The van der Waals surface area contributed by atoms with E-state index < -0.39 is 36.0 Å². The number of hydrogen-bond acceptors (Lipinski definition) is 7. The fourth-order valence-corrected chi connectivity index (χ4v) is 3.16. The van der Waals surface area contributed by atoms with Crippen LogP contribution in [0.3, 0.4) is 0 Å². The van der Waals surface area contributed by atoms with Crippen LogP contribution in [-0.2, 0) is 24.7 Å². The van der Waals surface area contributed by atoms with E-state index in [0.29, 0.717) is 28.5 Å². The van der Waals surface area contributed by atoms with Crippen LogP contribution in [0.25, 0.3) is 0 Å². The summed E-state index contributed by atoms with van der Waals surface area (Å²) in [6.07, 6.45) is 0.424. The monoisotopic (exact) mass is 455 g/mol. The molecule has 0 radical (unpaired) electrons. The molecular formula is C23H25N3O7. The number of carbonyl (C=O) groups is 4. The highest BCUT2D eigenvalue weighted by atomic mass is 16.5. The standard InChI is InChI=1S/C23H25N3O7/c1-23(16-7-4-3-5-8-16)21(29)26(22(30)24-23)25-19(27)15-33-20(28)9-6-14-32-18-12-10-17(31-2)11-13-18/h3-5,7-8,10-13H,6,9,14-15H2,1-2H3,(H,24,30)(H,25,27). The molecule has 2 aromatic rings. The summed E-state index contributed by atoms with van der Waals surface area (Å²) in [5.74, 6) is -0.705. The number of urea groups is 1. The molecule has 0 aromatic heterocycles. The predicted molar refractivity (Wildman–Crippen MR) is 116 cm³/mol. The number of nitrogens with one attached hydrogen (secondary N) is 2. The van der Waals surface area contributed by atoms with Crippen LogP contribution < -0.4 is 20.2 Å². The number of amides is 4. The second-order valence-corrected chi connectivity index (χ2v) is 7.38. The smallest absolute Gasteiger partial charge is 0.344 e. The summed E-state index contributed by atoms with van der Waals surface area (Å²) in [7, 11) is 1.57. The zero-order valence-corrected chi connectivity index (χ0v) is 18.3. The van der Waals surface area contributed by atoms with Gasteiger partial charge in [0, 0.05) is 6.42 Å². The number of hydrazine groups is 1. The first-order chi connectivity index (χ1) is 15.8. The van der Waals surface area contributed by atoms with E-state index in [1.54, 1.807) is 68.6 Å². The molecule has 1 heterocycles. The summed E-state index contributed by atoms with van der Waals surface area (Å²) in [6.45, 7) is 1.20. The molecule has 3 rings (SSSR count). The van der Waals surface area contributed by atoms with E-state index in [4.69, 9.17) is 14.2 Å². The quantitative estimate of drug-likeness (QED) is 0.319. The van der Waals surface area contributed by atoms with Crippen LogP contribution in [0.1, 0.15) is 25.3 Å². The lowest BCUT2D eigenvalue weighted by Gasteiger charge is -2.22. The molecule has 174 valence electrons. The molecular weight excluding hydrogens is 430 g/mol. The van der Waals surface area contributed by atoms with E-state index in [2.05, 4.69) is 10.7 Å². The van der Waals surface area contributed by atoms with Crippen LogP contribution in [0.4, 0.5) is 4.79 Å². The van der Waals surface area contributed by atoms with Gasteiger partial charge in [-0.05, 0) is 43.2 Å². The Labute approximate surface area is 190 Å². The van der Waals surface area contributed by atoms with Crippen molar-refractivity contribution >= 4 is 23.8 Å². The molecule has 10 nitrogen and oxygen atoms in total. The van der Waals surface area contributed by atoms with E-state index in [1.807, 2.05) is 0 Å². The lowest BCUT2D eigenvalue weighted by Crippen LogP contribution is -2.49. The first-order valence-electron chi connectivity index (χ1n) is 10.3. The number of esters is 1. The molecule has 4 amide bonds. The maximum Gasteiger partial charge on any atom is 0.344 e. The molecule has 0 spiro atoms. The van der Waals surface area contributed by atoms with Crippen molar-refractivity contribution in [1.82, 2.24) is 15.8 Å². The number of methoxy groups -OCH3 is 1. The van der Waals surface area contributed by atoms with Gasteiger partial charge in [-0.1, -0.05) is 30.3 Å². The minimum atomic E-state index is -1.31. The highest BCUT2D eigenvalue weighted by Crippen LogP contribution is 2.27. The second kappa shape index (κ2) is 10.5. The molecule has 0 bridgehead atoms. The zero-order chi connectivity index (χ0) is 23.8. The van der Waals surface area contributed by atoms with Gasteiger partial charge in [0.15, 0.2) is 6.61 Å². The van der Waals surface area contributed by atoms with Crippen molar-refractivity contribution in [3.05, 3.63) is 60.2 Å². The minimum absolute atomic E-state index is 0.0403. The number of imide groups is 1. The van der Waals surface area contributed by atoms with Gasteiger partial charge in [-0.3, -0.25) is 19.8 Å². The van der Waals surface area contributed by atoms with Crippen LogP contribution in [-0.4, -0.2) is 49.1 Å². The van der Waals surface area contributed by atoms with Crippen molar-refractivity contribution in [3.63, 3.8) is 0 Å². The number of hydrogen-bond donors (Lipinski definition) is 2.